The molecule has 7 nitrogen and oxygen atoms in total. The summed E-state index contributed by atoms with van der Waals surface area (Å²) in [5.74, 6) is 0.0850. The van der Waals surface area contributed by atoms with E-state index in [-0.39, 0.29) is 11.7 Å². The Hall–Kier alpha value is -2.32. The molecule has 30 heavy (non-hydrogen) atoms. The zero-order chi connectivity index (χ0) is 22.5. The molecule has 1 heterocycles. The topological polar surface area (TPSA) is 93.1 Å². The fraction of sp³-hybridized carbons (Fsp3) is 0.429. The number of nitrogens with one attached hydrogen (secondary N) is 2. The van der Waals surface area contributed by atoms with Gasteiger partial charge in [-0.05, 0) is 50.0 Å². The molecule has 164 valence electrons. The van der Waals surface area contributed by atoms with Gasteiger partial charge in [0.2, 0.25) is 15.9 Å². The summed E-state index contributed by atoms with van der Waals surface area (Å²) in [7, 11) is -3.42. The molecule has 2 rings (SSSR count). The summed E-state index contributed by atoms with van der Waals surface area (Å²) in [5, 5.41) is 7.70. The van der Waals surface area contributed by atoms with Gasteiger partial charge in [-0.15, -0.1) is 0 Å². The average Bonchev–Trinajstić information content (AvgIpc) is 2.89. The van der Waals surface area contributed by atoms with E-state index in [1.54, 1.807) is 42.8 Å². The van der Waals surface area contributed by atoms with Crippen molar-refractivity contribution < 1.29 is 13.2 Å². The summed E-state index contributed by atoms with van der Waals surface area (Å²) >= 11 is 6.40. The van der Waals surface area contributed by atoms with Crippen molar-refractivity contribution in [1.82, 2.24) is 9.78 Å². The number of amides is 1. The van der Waals surface area contributed by atoms with Crippen molar-refractivity contribution in [2.24, 2.45) is 5.92 Å². The van der Waals surface area contributed by atoms with Gasteiger partial charge in [0.25, 0.3) is 0 Å². The molecule has 0 fully saturated rings. The highest BCUT2D eigenvalue weighted by Gasteiger charge is 2.14. The molecule has 0 aliphatic carbocycles. The van der Waals surface area contributed by atoms with Crippen LogP contribution >= 0.6 is 11.6 Å². The number of halogens is 1. The molecule has 0 aliphatic heterocycles. The standard InChI is InChI=1S/C21H29ClN4O3S/c1-6-12-30(28,29)25-19-9-7-8-18(15(19)4)23-20(27)11-10-17-16(5)24-26(21(17)22)13-14(2)3/h7-11,14,25H,6,12-13H2,1-5H3,(H,23,27)/b11-10+. The van der Waals surface area contributed by atoms with Crippen molar-refractivity contribution in [1.29, 1.82) is 0 Å². The zero-order valence-electron chi connectivity index (χ0n) is 18.0. The minimum Gasteiger partial charge on any atom is -0.322 e. The van der Waals surface area contributed by atoms with Crippen LogP contribution in [0.1, 0.15) is 44.0 Å². The lowest BCUT2D eigenvalue weighted by Crippen LogP contribution is -2.17. The van der Waals surface area contributed by atoms with Crippen molar-refractivity contribution >= 4 is 45.0 Å². The van der Waals surface area contributed by atoms with Gasteiger partial charge in [-0.2, -0.15) is 5.10 Å². The molecule has 0 radical (unpaired) electrons. The van der Waals surface area contributed by atoms with Crippen molar-refractivity contribution in [2.45, 2.75) is 47.6 Å². The van der Waals surface area contributed by atoms with Crippen LogP contribution in [0.4, 0.5) is 11.4 Å². The molecule has 2 N–H and O–H groups in total. The summed E-state index contributed by atoms with van der Waals surface area (Å²) in [4.78, 5) is 12.4. The van der Waals surface area contributed by atoms with E-state index in [9.17, 15) is 13.2 Å². The van der Waals surface area contributed by atoms with Crippen LogP contribution in [0.3, 0.4) is 0 Å². The number of rotatable bonds is 9. The van der Waals surface area contributed by atoms with Crippen molar-refractivity contribution in [3.8, 4) is 0 Å². The van der Waals surface area contributed by atoms with E-state index in [0.29, 0.717) is 46.5 Å². The van der Waals surface area contributed by atoms with Crippen LogP contribution in [0, 0.1) is 19.8 Å². The normalized spacial score (nSPS) is 12.0. The van der Waals surface area contributed by atoms with E-state index in [2.05, 4.69) is 29.0 Å². The van der Waals surface area contributed by atoms with Crippen molar-refractivity contribution in [3.63, 3.8) is 0 Å². The lowest BCUT2D eigenvalue weighted by Gasteiger charge is -2.13. The van der Waals surface area contributed by atoms with Crippen LogP contribution in [-0.2, 0) is 21.4 Å². The summed E-state index contributed by atoms with van der Waals surface area (Å²) in [6, 6.07) is 5.07. The zero-order valence-corrected chi connectivity index (χ0v) is 19.6. The second kappa shape index (κ2) is 10.1. The second-order valence-corrected chi connectivity index (χ2v) is 9.79. The molecule has 0 bridgehead atoms. The molecule has 0 saturated carbocycles. The number of hydrogen-bond acceptors (Lipinski definition) is 4. The molecule has 2 aromatic rings. The molecule has 0 saturated heterocycles. The van der Waals surface area contributed by atoms with E-state index in [0.717, 1.165) is 5.69 Å². The monoisotopic (exact) mass is 452 g/mol. The fourth-order valence-electron chi connectivity index (χ4n) is 2.93. The van der Waals surface area contributed by atoms with E-state index < -0.39 is 10.0 Å². The number of aromatic nitrogens is 2. The highest BCUT2D eigenvalue weighted by Crippen LogP contribution is 2.25. The van der Waals surface area contributed by atoms with Crippen LogP contribution in [0.15, 0.2) is 24.3 Å². The van der Waals surface area contributed by atoms with Crippen LogP contribution in [-0.4, -0.2) is 29.9 Å². The number of carbonyl (C=O) groups is 1. The van der Waals surface area contributed by atoms with Crippen LogP contribution in [0.25, 0.3) is 6.08 Å². The molecule has 0 unspecified atom stereocenters. The van der Waals surface area contributed by atoms with Gasteiger partial charge in [0.15, 0.2) is 0 Å². The largest absolute Gasteiger partial charge is 0.322 e. The van der Waals surface area contributed by atoms with Gasteiger partial charge < -0.3 is 5.32 Å². The second-order valence-electron chi connectivity index (χ2n) is 7.59. The maximum Gasteiger partial charge on any atom is 0.248 e. The number of aryl methyl sites for hydroxylation is 1. The predicted octanol–water partition coefficient (Wildman–Crippen LogP) is 4.61. The number of nitrogens with zero attached hydrogens (tertiary/aromatic N) is 2. The average molecular weight is 453 g/mol. The van der Waals surface area contributed by atoms with E-state index in [1.165, 1.54) is 6.08 Å². The Balaban J connectivity index is 2.16. The van der Waals surface area contributed by atoms with Gasteiger partial charge in [0.05, 0.1) is 17.1 Å². The number of sulfonamides is 1. The summed E-state index contributed by atoms with van der Waals surface area (Å²) in [6.45, 7) is 10.2. The molecular formula is C21H29ClN4O3S. The Kier molecular flexibility index (Phi) is 8.09. The summed E-state index contributed by atoms with van der Waals surface area (Å²) < 4.78 is 28.4. The van der Waals surface area contributed by atoms with Crippen molar-refractivity contribution in [3.05, 3.63) is 46.2 Å². The maximum atomic E-state index is 12.4. The number of hydrogen-bond donors (Lipinski definition) is 2. The van der Waals surface area contributed by atoms with Gasteiger partial charge in [0, 0.05) is 23.9 Å². The minimum atomic E-state index is -3.42. The van der Waals surface area contributed by atoms with Gasteiger partial charge >= 0.3 is 0 Å². The molecular weight excluding hydrogens is 424 g/mol. The number of carbonyl (C=O) groups excluding carboxylic acids is 1. The third kappa shape index (κ3) is 6.34. The molecule has 1 amide bonds. The molecule has 1 aromatic carbocycles. The fourth-order valence-corrected chi connectivity index (χ4v) is 4.43. The molecule has 9 heteroatoms. The van der Waals surface area contributed by atoms with Crippen LogP contribution in [0.5, 0.6) is 0 Å². The smallest absolute Gasteiger partial charge is 0.248 e. The summed E-state index contributed by atoms with van der Waals surface area (Å²) in [5.41, 5.74) is 3.05. The van der Waals surface area contributed by atoms with Crippen molar-refractivity contribution in [2.75, 3.05) is 15.8 Å². The minimum absolute atomic E-state index is 0.0381. The predicted molar refractivity (Wildman–Crippen MR) is 123 cm³/mol. The molecule has 0 aliphatic rings. The van der Waals surface area contributed by atoms with Gasteiger partial charge in [-0.25, -0.2) is 8.42 Å². The lowest BCUT2D eigenvalue weighted by atomic mass is 10.1. The maximum absolute atomic E-state index is 12.4. The first-order valence-corrected chi connectivity index (χ1v) is 11.9. The SMILES string of the molecule is CCCS(=O)(=O)Nc1cccc(NC(=O)/C=C/c2c(C)nn(CC(C)C)c2Cl)c1C. The quantitative estimate of drug-likeness (QED) is 0.543. The number of benzene rings is 1. The molecule has 0 spiro atoms. The van der Waals surface area contributed by atoms with Gasteiger partial charge in [-0.1, -0.05) is 38.4 Å². The Morgan fingerprint density at radius 3 is 2.57 bits per heavy atom. The Labute approximate surface area is 183 Å². The first kappa shape index (κ1) is 24.0. The van der Waals surface area contributed by atoms with E-state index in [4.69, 9.17) is 11.6 Å². The Morgan fingerprint density at radius 2 is 1.93 bits per heavy atom. The first-order chi connectivity index (χ1) is 14.0. The summed E-state index contributed by atoms with van der Waals surface area (Å²) in [6.07, 6.45) is 3.55. The third-order valence-corrected chi connectivity index (χ3v) is 6.25. The van der Waals surface area contributed by atoms with Gasteiger partial charge in [0.1, 0.15) is 5.15 Å². The number of anilines is 2. The van der Waals surface area contributed by atoms with Crippen LogP contribution in [0.2, 0.25) is 5.15 Å². The lowest BCUT2D eigenvalue weighted by molar-refractivity contribution is -0.111. The Bertz CT molecular complexity index is 1040. The third-order valence-electron chi connectivity index (χ3n) is 4.38. The highest BCUT2D eigenvalue weighted by molar-refractivity contribution is 7.92. The van der Waals surface area contributed by atoms with E-state index in [1.807, 2.05) is 6.92 Å². The van der Waals surface area contributed by atoms with E-state index >= 15 is 0 Å². The van der Waals surface area contributed by atoms with Gasteiger partial charge in [-0.3, -0.25) is 14.2 Å². The molecule has 1 aromatic heterocycles. The van der Waals surface area contributed by atoms with Crippen LogP contribution < -0.4 is 10.0 Å². The first-order valence-electron chi connectivity index (χ1n) is 9.86. The Morgan fingerprint density at radius 1 is 1.27 bits per heavy atom. The highest BCUT2D eigenvalue weighted by atomic mass is 35.5. The molecule has 0 atom stereocenters.